The molecule has 0 saturated carbocycles. The molecule has 2 heterocycles. The summed E-state index contributed by atoms with van der Waals surface area (Å²) in [4.78, 5) is 3.50. The number of sulfonamides is 1. The molecule has 166 valence electrons. The molecular formula is C22H15ClFN5O3S. The molecule has 1 N–H and O–H groups in total. The number of aryl methyl sites for hydroxylation is 1. The molecule has 0 saturated heterocycles. The van der Waals surface area contributed by atoms with Crippen LogP contribution in [0.1, 0.15) is 5.56 Å². The van der Waals surface area contributed by atoms with Crippen LogP contribution < -0.4 is 9.46 Å². The lowest BCUT2D eigenvalue weighted by molar-refractivity contribution is 0.481. The Hall–Kier alpha value is -3.94. The third-order valence-electron chi connectivity index (χ3n) is 4.61. The number of nitriles is 1. The van der Waals surface area contributed by atoms with Crippen molar-refractivity contribution in [3.8, 4) is 28.8 Å². The molecule has 0 fully saturated rings. The first-order valence-corrected chi connectivity index (χ1v) is 11.3. The first kappa shape index (κ1) is 22.3. The number of benzene rings is 2. The van der Waals surface area contributed by atoms with Crippen molar-refractivity contribution in [3.63, 3.8) is 0 Å². The van der Waals surface area contributed by atoms with Crippen molar-refractivity contribution >= 4 is 27.4 Å². The molecule has 0 aliphatic heterocycles. The fourth-order valence-corrected chi connectivity index (χ4v) is 4.24. The van der Waals surface area contributed by atoms with Gasteiger partial charge in [0, 0.05) is 23.8 Å². The Morgan fingerprint density at radius 2 is 1.91 bits per heavy atom. The maximum atomic E-state index is 13.0. The lowest BCUT2D eigenvalue weighted by Crippen LogP contribution is -2.14. The molecule has 4 aromatic rings. The molecule has 0 aliphatic carbocycles. The number of hydrogen-bond donors (Lipinski definition) is 1. The molecule has 0 amide bonds. The minimum absolute atomic E-state index is 0.00385. The van der Waals surface area contributed by atoms with Crippen molar-refractivity contribution in [3.05, 3.63) is 83.4 Å². The zero-order valence-corrected chi connectivity index (χ0v) is 18.6. The zero-order chi connectivity index (χ0) is 23.6. The monoisotopic (exact) mass is 483 g/mol. The van der Waals surface area contributed by atoms with Gasteiger partial charge in [-0.1, -0.05) is 11.6 Å². The van der Waals surface area contributed by atoms with Crippen LogP contribution in [0.4, 0.5) is 10.2 Å². The molecule has 0 unspecified atom stereocenters. The number of nitrogens with one attached hydrogen (secondary N) is 1. The lowest BCUT2D eigenvalue weighted by atomic mass is 10.1. The van der Waals surface area contributed by atoms with Crippen molar-refractivity contribution in [2.75, 3.05) is 4.72 Å². The summed E-state index contributed by atoms with van der Waals surface area (Å²) in [6, 6.07) is 14.9. The number of nitrogens with zero attached hydrogens (tertiary/aromatic N) is 4. The highest BCUT2D eigenvalue weighted by Crippen LogP contribution is 2.36. The Morgan fingerprint density at radius 3 is 2.58 bits per heavy atom. The normalized spacial score (nSPS) is 11.1. The molecule has 11 heteroatoms. The molecule has 0 aliphatic rings. The van der Waals surface area contributed by atoms with E-state index in [1.54, 1.807) is 42.2 Å². The van der Waals surface area contributed by atoms with Crippen LogP contribution in [0.3, 0.4) is 0 Å². The van der Waals surface area contributed by atoms with Gasteiger partial charge >= 0.3 is 0 Å². The van der Waals surface area contributed by atoms with Crippen molar-refractivity contribution in [1.29, 1.82) is 5.26 Å². The van der Waals surface area contributed by atoms with Gasteiger partial charge in [-0.05, 0) is 54.6 Å². The van der Waals surface area contributed by atoms with Gasteiger partial charge in [0.05, 0.1) is 22.3 Å². The average Bonchev–Trinajstić information content (AvgIpc) is 3.22. The van der Waals surface area contributed by atoms with Gasteiger partial charge in [-0.2, -0.15) is 10.4 Å². The Kier molecular flexibility index (Phi) is 6.00. The molecule has 0 radical (unpaired) electrons. The van der Waals surface area contributed by atoms with Gasteiger partial charge in [0.25, 0.3) is 10.0 Å². The number of pyridine rings is 1. The number of halogens is 2. The van der Waals surface area contributed by atoms with E-state index in [2.05, 4.69) is 14.8 Å². The van der Waals surface area contributed by atoms with E-state index in [-0.39, 0.29) is 22.0 Å². The molecule has 8 nitrogen and oxygen atoms in total. The highest BCUT2D eigenvalue weighted by atomic mass is 35.5. The first-order valence-electron chi connectivity index (χ1n) is 9.41. The molecular weight excluding hydrogens is 469 g/mol. The highest BCUT2D eigenvalue weighted by Gasteiger charge is 2.19. The number of hydrogen-bond acceptors (Lipinski definition) is 6. The van der Waals surface area contributed by atoms with Crippen LogP contribution in [0.25, 0.3) is 11.3 Å². The topological polar surface area (TPSA) is 110 Å². The second kappa shape index (κ2) is 8.90. The third kappa shape index (κ3) is 4.79. The molecule has 2 aromatic carbocycles. The fourth-order valence-electron chi connectivity index (χ4n) is 3.03. The average molecular weight is 484 g/mol. The van der Waals surface area contributed by atoms with Crippen LogP contribution in [0.15, 0.2) is 71.9 Å². The Balaban J connectivity index is 1.67. The molecule has 0 spiro atoms. The van der Waals surface area contributed by atoms with E-state index in [1.165, 1.54) is 24.3 Å². The molecule has 2 aromatic heterocycles. The Morgan fingerprint density at radius 1 is 1.12 bits per heavy atom. The van der Waals surface area contributed by atoms with Gasteiger partial charge in [0.1, 0.15) is 29.2 Å². The predicted molar refractivity (Wildman–Crippen MR) is 120 cm³/mol. The Labute approximate surface area is 193 Å². The van der Waals surface area contributed by atoms with Gasteiger partial charge in [-0.15, -0.1) is 0 Å². The number of aromatic nitrogens is 3. The van der Waals surface area contributed by atoms with Crippen molar-refractivity contribution in [2.45, 2.75) is 4.90 Å². The van der Waals surface area contributed by atoms with Crippen LogP contribution in [-0.2, 0) is 17.1 Å². The van der Waals surface area contributed by atoms with Crippen LogP contribution in [0, 0.1) is 17.1 Å². The van der Waals surface area contributed by atoms with Gasteiger partial charge in [0.15, 0.2) is 0 Å². The van der Waals surface area contributed by atoms with Gasteiger partial charge < -0.3 is 4.74 Å². The summed E-state index contributed by atoms with van der Waals surface area (Å²) in [6.45, 7) is 0. The Bertz CT molecular complexity index is 1480. The summed E-state index contributed by atoms with van der Waals surface area (Å²) in [7, 11) is -2.31. The van der Waals surface area contributed by atoms with Gasteiger partial charge in [-0.3, -0.25) is 9.40 Å². The van der Waals surface area contributed by atoms with Crippen LogP contribution in [-0.4, -0.2) is 23.2 Å². The maximum Gasteiger partial charge on any atom is 0.263 e. The summed E-state index contributed by atoms with van der Waals surface area (Å²) in [5, 5.41) is 14.2. The third-order valence-corrected chi connectivity index (χ3v) is 6.19. The molecule has 33 heavy (non-hydrogen) atoms. The lowest BCUT2D eigenvalue weighted by Gasteiger charge is -2.14. The van der Waals surface area contributed by atoms with E-state index in [1.807, 2.05) is 6.07 Å². The number of anilines is 1. The van der Waals surface area contributed by atoms with E-state index < -0.39 is 15.8 Å². The zero-order valence-electron chi connectivity index (χ0n) is 17.0. The second-order valence-electron chi connectivity index (χ2n) is 6.82. The minimum atomic E-state index is -4.07. The summed E-state index contributed by atoms with van der Waals surface area (Å²) in [5.41, 5.74) is 1.38. The predicted octanol–water partition coefficient (Wildman–Crippen LogP) is 4.74. The molecule has 4 rings (SSSR count). The van der Waals surface area contributed by atoms with Crippen molar-refractivity contribution in [2.24, 2.45) is 7.05 Å². The van der Waals surface area contributed by atoms with E-state index in [0.717, 1.165) is 18.0 Å². The van der Waals surface area contributed by atoms with Crippen molar-refractivity contribution in [1.82, 2.24) is 14.8 Å². The fraction of sp³-hybridized carbons (Fsp3) is 0.0455. The summed E-state index contributed by atoms with van der Waals surface area (Å²) >= 11 is 6.16. The SMILES string of the molecule is Cn1nccc1-c1cc(Cl)ccc1Oc1ccc(S(=O)(=O)Nc2ccc(F)cn2)cc1C#N. The van der Waals surface area contributed by atoms with Crippen LogP contribution in [0.2, 0.25) is 5.02 Å². The quantitative estimate of drug-likeness (QED) is 0.424. The minimum Gasteiger partial charge on any atom is -0.455 e. The smallest absolute Gasteiger partial charge is 0.263 e. The summed E-state index contributed by atoms with van der Waals surface area (Å²) in [5.74, 6) is -0.0954. The van der Waals surface area contributed by atoms with E-state index in [0.29, 0.717) is 16.3 Å². The first-order chi connectivity index (χ1) is 15.8. The van der Waals surface area contributed by atoms with E-state index >= 15 is 0 Å². The van der Waals surface area contributed by atoms with Gasteiger partial charge in [-0.25, -0.2) is 17.8 Å². The van der Waals surface area contributed by atoms with Crippen LogP contribution in [0.5, 0.6) is 11.5 Å². The summed E-state index contributed by atoms with van der Waals surface area (Å²) < 4.78 is 48.3. The standard InChI is InChI=1S/C22H15ClFN5O3S/c1-29-19(8-9-27-29)18-11-15(23)2-5-21(18)32-20-6-4-17(10-14(20)12-25)33(30,31)28-22-7-3-16(24)13-26-22/h2-11,13H,1H3,(H,26,28). The highest BCUT2D eigenvalue weighted by molar-refractivity contribution is 7.92. The van der Waals surface area contributed by atoms with E-state index in [9.17, 15) is 18.1 Å². The maximum absolute atomic E-state index is 13.0. The van der Waals surface area contributed by atoms with Gasteiger partial charge in [0.2, 0.25) is 0 Å². The largest absolute Gasteiger partial charge is 0.455 e. The molecule has 0 atom stereocenters. The number of rotatable bonds is 6. The van der Waals surface area contributed by atoms with Crippen molar-refractivity contribution < 1.29 is 17.5 Å². The number of ether oxygens (including phenoxy) is 1. The molecule has 0 bridgehead atoms. The van der Waals surface area contributed by atoms with E-state index in [4.69, 9.17) is 16.3 Å². The van der Waals surface area contributed by atoms with Crippen LogP contribution >= 0.6 is 11.6 Å². The second-order valence-corrected chi connectivity index (χ2v) is 8.94. The summed E-state index contributed by atoms with van der Waals surface area (Å²) in [6.07, 6.45) is 2.52.